The Labute approximate surface area is 222 Å². The van der Waals surface area contributed by atoms with Crippen molar-refractivity contribution >= 4 is 28.5 Å². The Bertz CT molecular complexity index is 1240. The van der Waals surface area contributed by atoms with E-state index in [9.17, 15) is 18.4 Å². The van der Waals surface area contributed by atoms with Crippen molar-refractivity contribution in [3.05, 3.63) is 58.8 Å². The second kappa shape index (κ2) is 12.8. The van der Waals surface area contributed by atoms with Gasteiger partial charge in [0, 0.05) is 50.2 Å². The highest BCUT2D eigenvalue weighted by Crippen LogP contribution is 2.29. The largest absolute Gasteiger partial charge is 0.356 e. The van der Waals surface area contributed by atoms with E-state index in [0.29, 0.717) is 43.7 Å². The fourth-order valence-corrected chi connectivity index (χ4v) is 4.60. The Morgan fingerprint density at radius 3 is 2.45 bits per heavy atom. The number of hydrogen-bond acceptors (Lipinski definition) is 6. The highest BCUT2D eigenvalue weighted by molar-refractivity contribution is 5.90. The number of hydrogen-bond donors (Lipinski definition) is 1. The van der Waals surface area contributed by atoms with Crippen LogP contribution < -0.4 is 10.2 Å². The number of anilines is 1. The molecule has 2 heterocycles. The number of fused-ring (bicyclic) bond motifs is 2. The number of nitrogens with one attached hydrogen (secondary N) is 1. The first-order valence-electron chi connectivity index (χ1n) is 12.5. The van der Waals surface area contributed by atoms with Crippen molar-refractivity contribution in [3.63, 3.8) is 0 Å². The first-order valence-corrected chi connectivity index (χ1v) is 12.5. The lowest BCUT2D eigenvalue weighted by Gasteiger charge is -2.31. The van der Waals surface area contributed by atoms with E-state index in [1.807, 2.05) is 37.1 Å². The highest BCUT2D eigenvalue weighted by atomic mass is 19.3. The molecule has 1 aliphatic rings. The minimum Gasteiger partial charge on any atom is -0.356 e. The van der Waals surface area contributed by atoms with Crippen molar-refractivity contribution in [1.29, 1.82) is 0 Å². The van der Waals surface area contributed by atoms with Crippen LogP contribution in [0.2, 0.25) is 0 Å². The van der Waals surface area contributed by atoms with Gasteiger partial charge in [0.1, 0.15) is 0 Å². The molecule has 8 nitrogen and oxygen atoms in total. The molecule has 206 valence electrons. The van der Waals surface area contributed by atoms with Gasteiger partial charge < -0.3 is 14.7 Å². The maximum Gasteiger partial charge on any atom is 0.256 e. The normalized spacial score (nSPS) is 12.9. The van der Waals surface area contributed by atoms with Crippen LogP contribution in [0.4, 0.5) is 14.5 Å². The number of aromatic nitrogens is 1. The molecule has 1 N–H and O–H groups in total. The van der Waals surface area contributed by atoms with Crippen LogP contribution in [0.25, 0.3) is 11.0 Å². The topological polar surface area (TPSA) is 81.9 Å². The lowest BCUT2D eigenvalue weighted by Crippen LogP contribution is -2.48. The zero-order chi connectivity index (χ0) is 26.5. The molecule has 0 saturated heterocycles. The second-order valence-corrected chi connectivity index (χ2v) is 9.50. The van der Waals surface area contributed by atoms with E-state index in [2.05, 4.69) is 22.6 Å². The first kappa shape index (κ1) is 29.0. The fourth-order valence-electron chi connectivity index (χ4n) is 4.60. The predicted octanol–water partition coefficient (Wildman–Crippen LogP) is 4.83. The van der Waals surface area contributed by atoms with Crippen molar-refractivity contribution in [2.75, 3.05) is 31.6 Å². The van der Waals surface area contributed by atoms with Crippen LogP contribution >= 0.6 is 0 Å². The molecule has 0 radical (unpaired) electrons. The van der Waals surface area contributed by atoms with Crippen LogP contribution in [0, 0.1) is 13.8 Å². The average Bonchev–Trinajstić information content (AvgIpc) is 3.45. The van der Waals surface area contributed by atoms with E-state index < -0.39 is 6.43 Å². The third-order valence-electron chi connectivity index (χ3n) is 6.75. The number of carbonyl (C=O) groups is 2. The lowest BCUT2D eigenvalue weighted by atomic mass is 10.1. The van der Waals surface area contributed by atoms with Crippen molar-refractivity contribution in [3.8, 4) is 0 Å². The Hall–Kier alpha value is -3.53. The van der Waals surface area contributed by atoms with E-state index in [0.717, 1.165) is 16.6 Å². The Kier molecular flexibility index (Phi) is 9.79. The molecule has 1 aliphatic heterocycles. The van der Waals surface area contributed by atoms with Crippen LogP contribution in [0.15, 0.2) is 40.9 Å². The van der Waals surface area contributed by atoms with Gasteiger partial charge in [-0.3, -0.25) is 14.6 Å². The standard InChI is InChI=1S/C27H33F2N5O3.CH4/c1-18-12-22-19(2)31-37-24(22)13-23(18)33(16-26(35)30-11-7-6-10-25(28)29)17-27(36)32(3)34-14-20-8-4-5-9-21(20)15-34;/h4-5,8-9,12-13,25H,6-7,10-11,14-17H2,1-3H3,(H,30,35);1H4. The average molecular weight is 530 g/mol. The van der Waals surface area contributed by atoms with Crippen molar-refractivity contribution in [2.24, 2.45) is 0 Å². The summed E-state index contributed by atoms with van der Waals surface area (Å²) in [6, 6.07) is 11.8. The van der Waals surface area contributed by atoms with E-state index in [1.165, 1.54) is 11.1 Å². The van der Waals surface area contributed by atoms with Crippen molar-refractivity contribution < 1.29 is 22.9 Å². The summed E-state index contributed by atoms with van der Waals surface area (Å²) in [5.41, 5.74) is 5.29. The molecule has 0 aliphatic carbocycles. The van der Waals surface area contributed by atoms with Gasteiger partial charge in [0.05, 0.1) is 18.8 Å². The van der Waals surface area contributed by atoms with Crippen LogP contribution in [-0.4, -0.2) is 60.1 Å². The highest BCUT2D eigenvalue weighted by Gasteiger charge is 2.27. The fraction of sp³-hybridized carbons (Fsp3) is 0.464. The Morgan fingerprint density at radius 2 is 1.79 bits per heavy atom. The third-order valence-corrected chi connectivity index (χ3v) is 6.75. The maximum atomic E-state index is 13.4. The summed E-state index contributed by atoms with van der Waals surface area (Å²) in [6.45, 7) is 5.27. The molecule has 3 aromatic rings. The van der Waals surface area contributed by atoms with Gasteiger partial charge in [0.2, 0.25) is 12.3 Å². The summed E-state index contributed by atoms with van der Waals surface area (Å²) < 4.78 is 30.2. The molecule has 2 amide bonds. The van der Waals surface area contributed by atoms with Gasteiger partial charge in [0.25, 0.3) is 5.91 Å². The summed E-state index contributed by atoms with van der Waals surface area (Å²) in [5, 5.41) is 11.3. The molecule has 2 aromatic carbocycles. The summed E-state index contributed by atoms with van der Waals surface area (Å²) in [7, 11) is 1.74. The van der Waals surface area contributed by atoms with Gasteiger partial charge in [-0.15, -0.1) is 0 Å². The number of unbranched alkanes of at least 4 members (excludes halogenated alkanes) is 1. The number of nitrogens with zero attached hydrogens (tertiary/aromatic N) is 4. The number of likely N-dealkylation sites (N-methyl/N-ethyl adjacent to an activating group) is 1. The maximum absolute atomic E-state index is 13.4. The SMILES string of the molecule is C.Cc1cc2c(C)noc2cc1N(CC(=O)NCCCCC(F)F)CC(=O)N(C)N1Cc2ccccc2C1. The Morgan fingerprint density at radius 1 is 1.11 bits per heavy atom. The first-order chi connectivity index (χ1) is 17.7. The third kappa shape index (κ3) is 6.86. The van der Waals surface area contributed by atoms with Gasteiger partial charge in [-0.2, -0.15) is 0 Å². The zero-order valence-electron chi connectivity index (χ0n) is 21.5. The molecule has 10 heteroatoms. The quantitative estimate of drug-likeness (QED) is 0.359. The molecule has 0 atom stereocenters. The van der Waals surface area contributed by atoms with Crippen LogP contribution in [-0.2, 0) is 22.7 Å². The second-order valence-electron chi connectivity index (χ2n) is 9.50. The molecule has 0 saturated carbocycles. The number of aryl methyl sites for hydroxylation is 2. The van der Waals surface area contributed by atoms with Gasteiger partial charge in [-0.1, -0.05) is 36.8 Å². The molecule has 1 aromatic heterocycles. The van der Waals surface area contributed by atoms with Gasteiger partial charge in [-0.25, -0.2) is 13.8 Å². The van der Waals surface area contributed by atoms with Gasteiger partial charge in [0.15, 0.2) is 5.58 Å². The number of hydrazine groups is 1. The molecule has 0 unspecified atom stereocenters. The van der Waals surface area contributed by atoms with E-state index in [-0.39, 0.29) is 38.8 Å². The molecule has 0 bridgehead atoms. The van der Waals surface area contributed by atoms with Gasteiger partial charge in [-0.05, 0) is 49.4 Å². The molecule has 0 fully saturated rings. The van der Waals surface area contributed by atoms with E-state index in [1.54, 1.807) is 23.0 Å². The number of benzene rings is 2. The molecule has 0 spiro atoms. The van der Waals surface area contributed by atoms with Crippen molar-refractivity contribution in [1.82, 2.24) is 20.5 Å². The number of amides is 2. The minimum absolute atomic E-state index is 0. The van der Waals surface area contributed by atoms with Crippen LogP contribution in [0.1, 0.15) is 49.1 Å². The number of carbonyl (C=O) groups excluding carboxylic acids is 2. The molecular formula is C28H37F2N5O3. The van der Waals surface area contributed by atoms with E-state index in [4.69, 9.17) is 4.52 Å². The number of rotatable bonds is 11. The number of alkyl halides is 2. The Balaban J connectivity index is 0.00000400. The summed E-state index contributed by atoms with van der Waals surface area (Å²) in [6.07, 6.45) is -1.71. The summed E-state index contributed by atoms with van der Waals surface area (Å²) in [5.74, 6) is -0.444. The minimum atomic E-state index is -2.34. The van der Waals surface area contributed by atoms with Gasteiger partial charge >= 0.3 is 0 Å². The van der Waals surface area contributed by atoms with Crippen LogP contribution in [0.3, 0.4) is 0 Å². The molecule has 4 rings (SSSR count). The molecule has 38 heavy (non-hydrogen) atoms. The lowest BCUT2D eigenvalue weighted by molar-refractivity contribution is -0.145. The monoisotopic (exact) mass is 529 g/mol. The zero-order valence-corrected chi connectivity index (χ0v) is 21.5. The summed E-state index contributed by atoms with van der Waals surface area (Å²) in [4.78, 5) is 27.9. The van der Waals surface area contributed by atoms with Crippen LogP contribution in [0.5, 0.6) is 0 Å². The van der Waals surface area contributed by atoms with E-state index >= 15 is 0 Å². The molecular weight excluding hydrogens is 492 g/mol. The predicted molar refractivity (Wildman–Crippen MR) is 144 cm³/mol. The van der Waals surface area contributed by atoms with Crippen molar-refractivity contribution in [2.45, 2.75) is 60.1 Å². The summed E-state index contributed by atoms with van der Waals surface area (Å²) >= 11 is 0. The number of halogens is 2. The smallest absolute Gasteiger partial charge is 0.256 e.